The molecule has 3 nitrogen and oxygen atoms in total. The molecule has 20 heavy (non-hydrogen) atoms. The zero-order valence-corrected chi connectivity index (χ0v) is 11.8. The number of para-hydroxylation sites is 1. The van der Waals surface area contributed by atoms with Gasteiger partial charge in [-0.1, -0.05) is 30.3 Å². The van der Waals surface area contributed by atoms with Gasteiger partial charge in [0, 0.05) is 6.54 Å². The van der Waals surface area contributed by atoms with Gasteiger partial charge in [0.25, 0.3) is 0 Å². The van der Waals surface area contributed by atoms with Crippen molar-refractivity contribution in [2.75, 3.05) is 20.3 Å². The molecule has 2 aromatic rings. The van der Waals surface area contributed by atoms with Gasteiger partial charge in [-0.2, -0.15) is 0 Å². The van der Waals surface area contributed by atoms with Crippen molar-refractivity contribution in [1.29, 1.82) is 0 Å². The Morgan fingerprint density at radius 2 is 1.65 bits per heavy atom. The van der Waals surface area contributed by atoms with Crippen LogP contribution < -0.4 is 14.8 Å². The summed E-state index contributed by atoms with van der Waals surface area (Å²) in [7, 11) is 1.68. The van der Waals surface area contributed by atoms with Gasteiger partial charge in [-0.3, -0.25) is 0 Å². The predicted molar refractivity (Wildman–Crippen MR) is 81.3 cm³/mol. The monoisotopic (exact) mass is 271 g/mol. The number of nitrogens with one attached hydrogen (secondary N) is 1. The highest BCUT2D eigenvalue weighted by Crippen LogP contribution is 2.11. The van der Waals surface area contributed by atoms with E-state index >= 15 is 0 Å². The summed E-state index contributed by atoms with van der Waals surface area (Å²) in [5, 5.41) is 3.40. The van der Waals surface area contributed by atoms with E-state index in [1.807, 2.05) is 42.5 Å². The number of ether oxygens (including phenoxy) is 2. The maximum absolute atomic E-state index is 5.63. The van der Waals surface area contributed by atoms with Crippen molar-refractivity contribution >= 4 is 0 Å². The van der Waals surface area contributed by atoms with E-state index in [0.717, 1.165) is 37.6 Å². The summed E-state index contributed by atoms with van der Waals surface area (Å²) >= 11 is 0. The predicted octanol–water partition coefficient (Wildman–Crippen LogP) is 3.25. The molecule has 106 valence electrons. The van der Waals surface area contributed by atoms with Gasteiger partial charge in [-0.25, -0.2) is 0 Å². The van der Waals surface area contributed by atoms with Gasteiger partial charge in [0.05, 0.1) is 13.7 Å². The van der Waals surface area contributed by atoms with Gasteiger partial charge in [-0.05, 0) is 42.8 Å². The van der Waals surface area contributed by atoms with Gasteiger partial charge >= 0.3 is 0 Å². The van der Waals surface area contributed by atoms with E-state index in [-0.39, 0.29) is 0 Å². The third-order valence-electron chi connectivity index (χ3n) is 3.00. The highest BCUT2D eigenvalue weighted by atomic mass is 16.5. The maximum Gasteiger partial charge on any atom is 0.119 e. The minimum Gasteiger partial charge on any atom is -0.497 e. The van der Waals surface area contributed by atoms with Crippen LogP contribution >= 0.6 is 0 Å². The highest BCUT2D eigenvalue weighted by molar-refractivity contribution is 5.27. The van der Waals surface area contributed by atoms with Crippen molar-refractivity contribution in [3.63, 3.8) is 0 Å². The molecule has 0 aromatic heterocycles. The van der Waals surface area contributed by atoms with E-state index in [2.05, 4.69) is 17.4 Å². The Labute approximate surface area is 120 Å². The van der Waals surface area contributed by atoms with Gasteiger partial charge in [0.1, 0.15) is 11.5 Å². The summed E-state index contributed by atoms with van der Waals surface area (Å²) in [6.45, 7) is 2.55. The second-order valence-electron chi connectivity index (χ2n) is 4.54. The van der Waals surface area contributed by atoms with Crippen molar-refractivity contribution in [2.45, 2.75) is 13.0 Å². The zero-order chi connectivity index (χ0) is 14.0. The van der Waals surface area contributed by atoms with Crippen molar-refractivity contribution in [3.8, 4) is 11.5 Å². The second kappa shape index (κ2) is 8.23. The molecule has 0 aliphatic rings. The molecule has 0 heterocycles. The molecular formula is C17H21NO2. The third kappa shape index (κ3) is 4.94. The van der Waals surface area contributed by atoms with Crippen LogP contribution in [-0.2, 0) is 6.54 Å². The molecule has 2 rings (SSSR count). The molecule has 0 spiro atoms. The molecule has 0 saturated carbocycles. The van der Waals surface area contributed by atoms with Crippen molar-refractivity contribution in [1.82, 2.24) is 5.32 Å². The van der Waals surface area contributed by atoms with E-state index in [9.17, 15) is 0 Å². The molecule has 0 fully saturated rings. The number of methoxy groups -OCH3 is 1. The zero-order valence-electron chi connectivity index (χ0n) is 11.8. The molecule has 1 N–H and O–H groups in total. The quantitative estimate of drug-likeness (QED) is 0.748. The number of hydrogen-bond donors (Lipinski definition) is 1. The molecule has 0 saturated heterocycles. The molecule has 0 bridgehead atoms. The summed E-state index contributed by atoms with van der Waals surface area (Å²) in [4.78, 5) is 0. The topological polar surface area (TPSA) is 30.5 Å². The molecule has 0 amide bonds. The standard InChI is InChI=1S/C17H21NO2/c1-19-16-10-8-15(9-11-16)14-18-12-5-13-20-17-6-3-2-4-7-17/h2-4,6-11,18H,5,12-14H2,1H3. The maximum atomic E-state index is 5.63. The van der Waals surface area contributed by atoms with Crippen LogP contribution in [0.4, 0.5) is 0 Å². The lowest BCUT2D eigenvalue weighted by Crippen LogP contribution is -2.16. The largest absolute Gasteiger partial charge is 0.497 e. The molecule has 2 aromatic carbocycles. The molecule has 0 radical (unpaired) electrons. The Bertz CT molecular complexity index is 482. The third-order valence-corrected chi connectivity index (χ3v) is 3.00. The highest BCUT2D eigenvalue weighted by Gasteiger charge is 1.95. The summed E-state index contributed by atoms with van der Waals surface area (Å²) in [5.41, 5.74) is 1.26. The van der Waals surface area contributed by atoms with Crippen LogP contribution in [0.15, 0.2) is 54.6 Å². The molecule has 0 unspecified atom stereocenters. The fourth-order valence-electron chi connectivity index (χ4n) is 1.88. The summed E-state index contributed by atoms with van der Waals surface area (Å²) < 4.78 is 10.8. The average Bonchev–Trinajstić information content (AvgIpc) is 2.52. The van der Waals surface area contributed by atoms with Crippen LogP contribution in [0.5, 0.6) is 11.5 Å². The van der Waals surface area contributed by atoms with Gasteiger partial charge < -0.3 is 14.8 Å². The Morgan fingerprint density at radius 3 is 2.35 bits per heavy atom. The summed E-state index contributed by atoms with van der Waals surface area (Å²) in [6, 6.07) is 18.0. The van der Waals surface area contributed by atoms with Gasteiger partial charge in [-0.15, -0.1) is 0 Å². The Morgan fingerprint density at radius 1 is 0.900 bits per heavy atom. The first kappa shape index (κ1) is 14.4. The summed E-state index contributed by atoms with van der Waals surface area (Å²) in [5.74, 6) is 1.83. The first-order valence-electron chi connectivity index (χ1n) is 6.90. The Kier molecular flexibility index (Phi) is 5.93. The van der Waals surface area contributed by atoms with Crippen molar-refractivity contribution < 1.29 is 9.47 Å². The fraction of sp³-hybridized carbons (Fsp3) is 0.294. The molecule has 0 aliphatic heterocycles. The number of rotatable bonds is 8. The van der Waals surface area contributed by atoms with E-state index in [0.29, 0.717) is 0 Å². The normalized spacial score (nSPS) is 10.2. The van der Waals surface area contributed by atoms with Crippen LogP contribution in [-0.4, -0.2) is 20.3 Å². The first-order chi connectivity index (χ1) is 9.88. The van der Waals surface area contributed by atoms with Crippen LogP contribution in [0, 0.1) is 0 Å². The van der Waals surface area contributed by atoms with Gasteiger partial charge in [0.15, 0.2) is 0 Å². The lowest BCUT2D eigenvalue weighted by molar-refractivity contribution is 0.308. The van der Waals surface area contributed by atoms with Crippen LogP contribution in [0.3, 0.4) is 0 Å². The van der Waals surface area contributed by atoms with Crippen molar-refractivity contribution in [3.05, 3.63) is 60.2 Å². The van der Waals surface area contributed by atoms with Crippen LogP contribution in [0.2, 0.25) is 0 Å². The Hall–Kier alpha value is -2.00. The van der Waals surface area contributed by atoms with Crippen molar-refractivity contribution in [2.24, 2.45) is 0 Å². The average molecular weight is 271 g/mol. The van der Waals surface area contributed by atoms with Crippen LogP contribution in [0.1, 0.15) is 12.0 Å². The SMILES string of the molecule is COc1ccc(CNCCCOc2ccccc2)cc1. The molecule has 0 aliphatic carbocycles. The minimum atomic E-state index is 0.736. The molecule has 0 atom stereocenters. The minimum absolute atomic E-state index is 0.736. The van der Waals surface area contributed by atoms with E-state index in [4.69, 9.17) is 9.47 Å². The number of hydrogen-bond acceptors (Lipinski definition) is 3. The lowest BCUT2D eigenvalue weighted by Gasteiger charge is -2.07. The van der Waals surface area contributed by atoms with E-state index in [1.165, 1.54) is 5.56 Å². The first-order valence-corrected chi connectivity index (χ1v) is 6.90. The number of benzene rings is 2. The smallest absolute Gasteiger partial charge is 0.119 e. The lowest BCUT2D eigenvalue weighted by atomic mass is 10.2. The fourth-order valence-corrected chi connectivity index (χ4v) is 1.88. The molecular weight excluding hydrogens is 250 g/mol. The second-order valence-corrected chi connectivity index (χ2v) is 4.54. The Balaban J connectivity index is 1.57. The van der Waals surface area contributed by atoms with E-state index in [1.54, 1.807) is 7.11 Å². The van der Waals surface area contributed by atoms with Crippen LogP contribution in [0.25, 0.3) is 0 Å². The molecule has 3 heteroatoms. The van der Waals surface area contributed by atoms with E-state index < -0.39 is 0 Å². The van der Waals surface area contributed by atoms with Gasteiger partial charge in [0.2, 0.25) is 0 Å². The summed E-state index contributed by atoms with van der Waals surface area (Å²) in [6.07, 6.45) is 0.991.